The molecule has 120 valence electrons. The topological polar surface area (TPSA) is 66.4 Å². The first-order valence-electron chi connectivity index (χ1n) is 7.11. The number of fused-ring (bicyclic) bond motifs is 1. The molecule has 0 bridgehead atoms. The van der Waals surface area contributed by atoms with Crippen LogP contribution in [-0.2, 0) is 12.8 Å². The molecule has 7 heteroatoms. The van der Waals surface area contributed by atoms with Crippen molar-refractivity contribution in [2.24, 2.45) is 0 Å². The highest BCUT2D eigenvalue weighted by atomic mass is 35.5. The van der Waals surface area contributed by atoms with E-state index in [1.165, 1.54) is 23.5 Å². The number of anilines is 1. The summed E-state index contributed by atoms with van der Waals surface area (Å²) in [6.07, 6.45) is 3.63. The maximum atomic E-state index is 12.4. The van der Waals surface area contributed by atoms with Crippen molar-refractivity contribution in [3.05, 3.63) is 49.8 Å². The fraction of sp³-hybridized carbons (Fsp3) is 0.250. The van der Waals surface area contributed by atoms with Crippen molar-refractivity contribution in [3.8, 4) is 0 Å². The zero-order valence-electron chi connectivity index (χ0n) is 12.0. The summed E-state index contributed by atoms with van der Waals surface area (Å²) in [5.41, 5.74) is 1.42. The quantitative estimate of drug-likeness (QED) is 0.809. The van der Waals surface area contributed by atoms with E-state index in [1.807, 2.05) is 0 Å². The van der Waals surface area contributed by atoms with Crippen LogP contribution in [0.5, 0.6) is 0 Å². The summed E-state index contributed by atoms with van der Waals surface area (Å²) >= 11 is 13.1. The van der Waals surface area contributed by atoms with Crippen molar-refractivity contribution >= 4 is 51.4 Å². The van der Waals surface area contributed by atoms with Crippen molar-refractivity contribution in [1.82, 2.24) is 0 Å². The summed E-state index contributed by atoms with van der Waals surface area (Å²) < 4.78 is 0. The fourth-order valence-electron chi connectivity index (χ4n) is 2.69. The highest BCUT2D eigenvalue weighted by Crippen LogP contribution is 2.38. The second-order valence-electron chi connectivity index (χ2n) is 5.30. The van der Waals surface area contributed by atoms with Gasteiger partial charge in [-0.3, -0.25) is 4.79 Å². The summed E-state index contributed by atoms with van der Waals surface area (Å²) in [5.74, 6) is -1.40. The van der Waals surface area contributed by atoms with Gasteiger partial charge in [0.25, 0.3) is 5.91 Å². The van der Waals surface area contributed by atoms with E-state index in [-0.39, 0.29) is 10.6 Å². The smallest absolute Gasteiger partial charge is 0.339 e. The van der Waals surface area contributed by atoms with Crippen LogP contribution in [0.4, 0.5) is 5.00 Å². The van der Waals surface area contributed by atoms with Gasteiger partial charge in [-0.15, -0.1) is 11.3 Å². The number of rotatable bonds is 3. The summed E-state index contributed by atoms with van der Waals surface area (Å²) in [6, 6.07) is 4.56. The molecule has 0 radical (unpaired) electrons. The van der Waals surface area contributed by atoms with Crippen molar-refractivity contribution < 1.29 is 14.7 Å². The number of amides is 1. The average molecular weight is 370 g/mol. The number of aryl methyl sites for hydroxylation is 1. The van der Waals surface area contributed by atoms with Crippen LogP contribution >= 0.6 is 34.5 Å². The SMILES string of the molecule is O=C(Nc1sc2c(c1C(=O)O)CCCC2)c1ccc(Cl)c(Cl)c1. The Morgan fingerprint density at radius 2 is 1.87 bits per heavy atom. The molecule has 0 spiro atoms. The molecular weight excluding hydrogens is 357 g/mol. The largest absolute Gasteiger partial charge is 0.478 e. The van der Waals surface area contributed by atoms with Crippen molar-refractivity contribution in [1.29, 1.82) is 0 Å². The van der Waals surface area contributed by atoms with Crippen LogP contribution in [0.15, 0.2) is 18.2 Å². The van der Waals surface area contributed by atoms with Crippen LogP contribution < -0.4 is 5.32 Å². The number of benzene rings is 1. The highest BCUT2D eigenvalue weighted by Gasteiger charge is 2.26. The van der Waals surface area contributed by atoms with E-state index in [0.717, 1.165) is 36.1 Å². The molecule has 3 rings (SSSR count). The van der Waals surface area contributed by atoms with E-state index in [9.17, 15) is 14.7 Å². The first-order valence-corrected chi connectivity index (χ1v) is 8.69. The van der Waals surface area contributed by atoms with Gasteiger partial charge >= 0.3 is 5.97 Å². The van der Waals surface area contributed by atoms with Crippen LogP contribution in [0, 0.1) is 0 Å². The Morgan fingerprint density at radius 3 is 2.57 bits per heavy atom. The molecule has 2 N–H and O–H groups in total. The number of halogens is 2. The molecule has 1 aliphatic carbocycles. The lowest BCUT2D eigenvalue weighted by atomic mass is 9.95. The second kappa shape index (κ2) is 6.51. The van der Waals surface area contributed by atoms with Gasteiger partial charge in [0.15, 0.2) is 0 Å². The molecule has 1 aromatic heterocycles. The predicted octanol–water partition coefficient (Wildman–Crippen LogP) is 4.88. The molecule has 2 aromatic rings. The normalized spacial score (nSPS) is 13.5. The minimum atomic E-state index is -1.01. The Morgan fingerprint density at radius 1 is 1.13 bits per heavy atom. The van der Waals surface area contributed by atoms with Gasteiger partial charge in [0.1, 0.15) is 5.00 Å². The average Bonchev–Trinajstić information content (AvgIpc) is 2.87. The molecule has 1 aromatic carbocycles. The van der Waals surface area contributed by atoms with E-state index in [0.29, 0.717) is 15.6 Å². The van der Waals surface area contributed by atoms with Crippen molar-refractivity contribution in [2.45, 2.75) is 25.7 Å². The fourth-order valence-corrected chi connectivity index (χ4v) is 4.27. The summed E-state index contributed by atoms with van der Waals surface area (Å²) in [7, 11) is 0. The molecule has 23 heavy (non-hydrogen) atoms. The molecule has 1 heterocycles. The van der Waals surface area contributed by atoms with Crippen molar-refractivity contribution in [2.75, 3.05) is 5.32 Å². The van der Waals surface area contributed by atoms with Crippen molar-refractivity contribution in [3.63, 3.8) is 0 Å². The van der Waals surface area contributed by atoms with Gasteiger partial charge in [0.2, 0.25) is 0 Å². The van der Waals surface area contributed by atoms with E-state index < -0.39 is 11.9 Å². The summed E-state index contributed by atoms with van der Waals surface area (Å²) in [4.78, 5) is 25.0. The minimum absolute atomic E-state index is 0.220. The molecule has 0 unspecified atom stereocenters. The lowest BCUT2D eigenvalue weighted by molar-refractivity contribution is 0.0697. The van der Waals surface area contributed by atoms with E-state index >= 15 is 0 Å². The molecule has 0 saturated carbocycles. The maximum Gasteiger partial charge on any atom is 0.339 e. The zero-order valence-corrected chi connectivity index (χ0v) is 14.3. The molecular formula is C16H13Cl2NO3S. The lowest BCUT2D eigenvalue weighted by Gasteiger charge is -2.10. The Bertz CT molecular complexity index is 801. The number of hydrogen-bond donors (Lipinski definition) is 2. The number of carboxylic acids is 1. The van der Waals surface area contributed by atoms with Gasteiger partial charge in [-0.2, -0.15) is 0 Å². The van der Waals surface area contributed by atoms with Crippen LogP contribution in [-0.4, -0.2) is 17.0 Å². The third-order valence-corrected chi connectivity index (χ3v) is 5.74. The van der Waals surface area contributed by atoms with Crippen LogP contribution in [0.25, 0.3) is 0 Å². The Hall–Kier alpha value is -1.56. The molecule has 0 fully saturated rings. The minimum Gasteiger partial charge on any atom is -0.478 e. The number of hydrogen-bond acceptors (Lipinski definition) is 3. The third kappa shape index (κ3) is 3.22. The molecule has 0 atom stereocenters. The van der Waals surface area contributed by atoms with Gasteiger partial charge in [-0.25, -0.2) is 4.79 Å². The zero-order chi connectivity index (χ0) is 16.6. The maximum absolute atomic E-state index is 12.4. The Labute approximate surface area is 147 Å². The molecule has 1 aliphatic rings. The van der Waals surface area contributed by atoms with Gasteiger partial charge in [-0.1, -0.05) is 23.2 Å². The van der Waals surface area contributed by atoms with Gasteiger partial charge in [0.05, 0.1) is 15.6 Å². The number of thiophene rings is 1. The standard InChI is InChI=1S/C16H13Cl2NO3S/c17-10-6-5-8(7-11(10)18)14(20)19-15-13(16(21)22)9-3-1-2-4-12(9)23-15/h5-7H,1-4H2,(H,19,20)(H,21,22). The molecule has 0 saturated heterocycles. The predicted molar refractivity (Wildman–Crippen MR) is 92.3 cm³/mol. The molecule has 1 amide bonds. The van der Waals surface area contributed by atoms with Crippen LogP contribution in [0.3, 0.4) is 0 Å². The van der Waals surface area contributed by atoms with Gasteiger partial charge in [-0.05, 0) is 49.4 Å². The Balaban J connectivity index is 1.93. The summed E-state index contributed by atoms with van der Waals surface area (Å²) in [6.45, 7) is 0. The third-order valence-electron chi connectivity index (χ3n) is 3.79. The molecule has 0 aliphatic heterocycles. The van der Waals surface area contributed by atoms with Gasteiger partial charge in [0, 0.05) is 10.4 Å². The number of aromatic carboxylic acids is 1. The van der Waals surface area contributed by atoms with E-state index in [2.05, 4.69) is 5.32 Å². The first kappa shape index (κ1) is 16.3. The van der Waals surface area contributed by atoms with Crippen LogP contribution in [0.2, 0.25) is 10.0 Å². The van der Waals surface area contributed by atoms with Crippen LogP contribution in [0.1, 0.15) is 44.0 Å². The molecule has 4 nitrogen and oxygen atoms in total. The Kier molecular flexibility index (Phi) is 4.62. The monoisotopic (exact) mass is 369 g/mol. The number of carbonyl (C=O) groups is 2. The number of carbonyl (C=O) groups excluding carboxylic acids is 1. The lowest BCUT2D eigenvalue weighted by Crippen LogP contribution is -2.14. The highest BCUT2D eigenvalue weighted by molar-refractivity contribution is 7.17. The number of nitrogens with one attached hydrogen (secondary N) is 1. The van der Waals surface area contributed by atoms with Gasteiger partial charge < -0.3 is 10.4 Å². The second-order valence-corrected chi connectivity index (χ2v) is 7.22. The van der Waals surface area contributed by atoms with E-state index in [4.69, 9.17) is 23.2 Å². The first-order chi connectivity index (χ1) is 11.0. The summed E-state index contributed by atoms with van der Waals surface area (Å²) in [5, 5.41) is 13.2. The van der Waals surface area contributed by atoms with E-state index in [1.54, 1.807) is 6.07 Å². The number of carboxylic acid groups (broad SMARTS) is 1.